The first-order chi connectivity index (χ1) is 17.7. The minimum atomic E-state index is -3.26. The number of thiazole rings is 1. The highest BCUT2D eigenvalue weighted by molar-refractivity contribution is 7.90. The summed E-state index contributed by atoms with van der Waals surface area (Å²) in [7, 11) is -3.26. The van der Waals surface area contributed by atoms with E-state index in [1.165, 1.54) is 17.6 Å². The quantitative estimate of drug-likeness (QED) is 0.345. The van der Waals surface area contributed by atoms with E-state index < -0.39 is 9.84 Å². The number of hydrogen-bond donors (Lipinski definition) is 1. The van der Waals surface area contributed by atoms with Gasteiger partial charge in [-0.3, -0.25) is 0 Å². The fourth-order valence-corrected chi connectivity index (χ4v) is 6.95. The maximum Gasteiger partial charge on any atom is 0.275 e. The second-order valence-electron chi connectivity index (χ2n) is 10.1. The molecule has 1 fully saturated rings. The van der Waals surface area contributed by atoms with Gasteiger partial charge in [-0.05, 0) is 74.5 Å². The van der Waals surface area contributed by atoms with Crippen LogP contribution in [0.4, 0.5) is 0 Å². The van der Waals surface area contributed by atoms with Crippen LogP contribution in [0, 0.1) is 18.8 Å². The SMILES string of the molecule is Cc1cc(S(C)(=O)=O)ccc1-c1ccc2nc(OCC[C@]3(c4cnno4)CCNCC3C(C)C)sc2n1. The number of hydrogen-bond acceptors (Lipinski definition) is 10. The zero-order valence-corrected chi connectivity index (χ0v) is 23.0. The average Bonchev–Trinajstić information content (AvgIpc) is 3.53. The molecule has 1 unspecified atom stereocenters. The number of benzene rings is 1. The molecule has 5 rings (SSSR count). The molecule has 4 aromatic rings. The summed E-state index contributed by atoms with van der Waals surface area (Å²) in [6.07, 6.45) is 4.66. The first-order valence-electron chi connectivity index (χ1n) is 12.4. The highest BCUT2D eigenvalue weighted by Crippen LogP contribution is 2.44. The number of nitrogens with one attached hydrogen (secondary N) is 1. The molecular formula is C26H31N5O4S2. The molecule has 0 spiro atoms. The molecule has 4 heterocycles. The van der Waals surface area contributed by atoms with Gasteiger partial charge in [0.15, 0.2) is 15.6 Å². The summed E-state index contributed by atoms with van der Waals surface area (Å²) in [5.41, 5.74) is 3.08. The van der Waals surface area contributed by atoms with Gasteiger partial charge in [-0.25, -0.2) is 18.4 Å². The van der Waals surface area contributed by atoms with E-state index >= 15 is 0 Å². The van der Waals surface area contributed by atoms with Crippen LogP contribution in [-0.2, 0) is 15.3 Å². The first-order valence-corrected chi connectivity index (χ1v) is 15.1. The standard InChI is InChI=1S/C26H31N5O4S2/c1-16(2)20-14-27-11-9-26(20,23-15-28-31-35-23)10-12-34-25-30-22-8-7-21(29-24(22)36-25)19-6-5-18(13-17(19)3)37(4,32)33/h5-8,13,15-16,20,27H,9-12,14H2,1-4H3/t20?,26-/m1/s1. The summed E-state index contributed by atoms with van der Waals surface area (Å²) in [5, 5.41) is 11.8. The molecule has 0 radical (unpaired) electrons. The molecule has 11 heteroatoms. The van der Waals surface area contributed by atoms with Crippen LogP contribution < -0.4 is 10.1 Å². The van der Waals surface area contributed by atoms with Crippen molar-refractivity contribution in [2.24, 2.45) is 11.8 Å². The van der Waals surface area contributed by atoms with Gasteiger partial charge >= 0.3 is 0 Å². The smallest absolute Gasteiger partial charge is 0.275 e. The van der Waals surface area contributed by atoms with Crippen molar-refractivity contribution < 1.29 is 17.7 Å². The minimum absolute atomic E-state index is 0.194. The van der Waals surface area contributed by atoms with Gasteiger partial charge in [0.1, 0.15) is 10.3 Å². The fourth-order valence-electron chi connectivity index (χ4n) is 5.43. The topological polar surface area (TPSA) is 120 Å². The summed E-state index contributed by atoms with van der Waals surface area (Å²) >= 11 is 1.41. The Morgan fingerprint density at radius 3 is 2.78 bits per heavy atom. The zero-order chi connectivity index (χ0) is 26.2. The number of aryl methyl sites for hydroxylation is 1. The number of fused-ring (bicyclic) bond motifs is 1. The van der Waals surface area contributed by atoms with Crippen LogP contribution in [0.15, 0.2) is 45.9 Å². The van der Waals surface area contributed by atoms with Gasteiger partial charge in [0.25, 0.3) is 5.19 Å². The summed E-state index contributed by atoms with van der Waals surface area (Å²) in [6.45, 7) is 8.68. The Hall–Kier alpha value is -2.89. The Kier molecular flexibility index (Phi) is 7.03. The van der Waals surface area contributed by atoms with Gasteiger partial charge in [-0.15, -0.1) is 5.10 Å². The Balaban J connectivity index is 1.35. The van der Waals surface area contributed by atoms with Gasteiger partial charge in [0, 0.05) is 22.5 Å². The van der Waals surface area contributed by atoms with Gasteiger partial charge < -0.3 is 14.6 Å². The van der Waals surface area contributed by atoms with Crippen molar-refractivity contribution in [2.45, 2.75) is 43.9 Å². The predicted molar refractivity (Wildman–Crippen MR) is 143 cm³/mol. The van der Waals surface area contributed by atoms with Crippen molar-refractivity contribution in [1.29, 1.82) is 0 Å². The molecule has 9 nitrogen and oxygen atoms in total. The van der Waals surface area contributed by atoms with E-state index in [-0.39, 0.29) is 5.41 Å². The summed E-state index contributed by atoms with van der Waals surface area (Å²) in [4.78, 5) is 10.5. The highest BCUT2D eigenvalue weighted by atomic mass is 32.2. The molecule has 1 N–H and O–H groups in total. The van der Waals surface area contributed by atoms with E-state index in [0.29, 0.717) is 28.5 Å². The molecule has 196 valence electrons. The lowest BCUT2D eigenvalue weighted by atomic mass is 9.63. The Morgan fingerprint density at radius 2 is 2.08 bits per heavy atom. The second kappa shape index (κ2) is 10.1. The molecular weight excluding hydrogens is 510 g/mol. The van der Waals surface area contributed by atoms with Crippen molar-refractivity contribution in [2.75, 3.05) is 26.0 Å². The molecule has 37 heavy (non-hydrogen) atoms. The second-order valence-corrected chi connectivity index (χ2v) is 13.0. The Morgan fingerprint density at radius 1 is 1.24 bits per heavy atom. The Bertz CT molecular complexity index is 1500. The molecule has 3 aromatic heterocycles. The lowest BCUT2D eigenvalue weighted by molar-refractivity contribution is 0.0902. The summed E-state index contributed by atoms with van der Waals surface area (Å²) < 4.78 is 35.5. The molecule has 1 saturated heterocycles. The minimum Gasteiger partial charge on any atom is -0.470 e. The van der Waals surface area contributed by atoms with Crippen LogP contribution in [0.2, 0.25) is 0 Å². The molecule has 0 bridgehead atoms. The fraction of sp³-hybridized carbons (Fsp3) is 0.462. The summed E-state index contributed by atoms with van der Waals surface area (Å²) in [5.74, 6) is 1.65. The predicted octanol–water partition coefficient (Wildman–Crippen LogP) is 4.43. The molecule has 0 saturated carbocycles. The number of nitrogens with zero attached hydrogens (tertiary/aromatic N) is 4. The summed E-state index contributed by atoms with van der Waals surface area (Å²) in [6, 6.07) is 8.94. The molecule has 0 aliphatic carbocycles. The number of pyridine rings is 1. The molecule has 2 atom stereocenters. The maximum atomic E-state index is 11.9. The molecule has 1 aromatic carbocycles. The van der Waals surface area contributed by atoms with E-state index in [0.717, 1.165) is 58.9 Å². The third-order valence-corrected chi connectivity index (χ3v) is 9.38. The number of piperidine rings is 1. The number of ether oxygens (including phenoxy) is 1. The van der Waals surface area contributed by atoms with E-state index in [4.69, 9.17) is 14.2 Å². The van der Waals surface area contributed by atoms with E-state index in [9.17, 15) is 8.42 Å². The lowest BCUT2D eigenvalue weighted by Crippen LogP contribution is -2.50. The normalized spacial score (nSPS) is 20.5. The van der Waals surface area contributed by atoms with Gasteiger partial charge in [0.05, 0.1) is 23.4 Å². The van der Waals surface area contributed by atoms with Crippen LogP contribution in [0.5, 0.6) is 5.19 Å². The van der Waals surface area contributed by atoms with E-state index in [2.05, 4.69) is 34.5 Å². The highest BCUT2D eigenvalue weighted by Gasteiger charge is 2.46. The van der Waals surface area contributed by atoms with Crippen molar-refractivity contribution in [3.63, 3.8) is 0 Å². The lowest BCUT2D eigenvalue weighted by Gasteiger charge is -2.44. The third kappa shape index (κ3) is 5.12. The average molecular weight is 542 g/mol. The number of rotatable bonds is 8. The van der Waals surface area contributed by atoms with Crippen LogP contribution in [0.1, 0.15) is 38.0 Å². The monoisotopic (exact) mass is 541 g/mol. The van der Waals surface area contributed by atoms with Crippen molar-refractivity contribution in [3.05, 3.63) is 47.9 Å². The Labute approximate surface area is 220 Å². The van der Waals surface area contributed by atoms with Gasteiger partial charge in [0.2, 0.25) is 0 Å². The number of aromatic nitrogens is 4. The molecule has 0 amide bonds. The van der Waals surface area contributed by atoms with E-state index in [1.54, 1.807) is 24.4 Å². The molecule has 1 aliphatic heterocycles. The van der Waals surface area contributed by atoms with Crippen molar-refractivity contribution in [3.8, 4) is 16.5 Å². The van der Waals surface area contributed by atoms with Crippen LogP contribution >= 0.6 is 11.3 Å². The van der Waals surface area contributed by atoms with Crippen LogP contribution in [-0.4, -0.2) is 54.7 Å². The van der Waals surface area contributed by atoms with Crippen LogP contribution in [0.25, 0.3) is 21.6 Å². The maximum absolute atomic E-state index is 11.9. The largest absolute Gasteiger partial charge is 0.470 e. The van der Waals surface area contributed by atoms with Crippen molar-refractivity contribution >= 4 is 31.5 Å². The van der Waals surface area contributed by atoms with Crippen LogP contribution in [0.3, 0.4) is 0 Å². The van der Waals surface area contributed by atoms with Gasteiger partial charge in [-0.1, -0.05) is 31.3 Å². The zero-order valence-electron chi connectivity index (χ0n) is 21.4. The first kappa shape index (κ1) is 25.7. The van der Waals surface area contributed by atoms with E-state index in [1.807, 2.05) is 19.1 Å². The number of sulfone groups is 1. The van der Waals surface area contributed by atoms with Crippen molar-refractivity contribution in [1.82, 2.24) is 25.7 Å². The van der Waals surface area contributed by atoms with Gasteiger partial charge in [-0.2, -0.15) is 0 Å². The third-order valence-electron chi connectivity index (χ3n) is 7.39. The molecule has 1 aliphatic rings.